The van der Waals surface area contributed by atoms with Gasteiger partial charge in [0.2, 0.25) is 5.91 Å². The van der Waals surface area contributed by atoms with Crippen molar-refractivity contribution in [3.8, 4) is 0 Å². The minimum Gasteiger partial charge on any atom is -0.369 e. The SMILES string of the molecule is C[C@@H](SCc1ccccc1)[C@@H](C)C(N)=O. The molecule has 0 heterocycles. The van der Waals surface area contributed by atoms with Gasteiger partial charge in [-0.15, -0.1) is 0 Å². The third kappa shape index (κ3) is 3.96. The van der Waals surface area contributed by atoms with Gasteiger partial charge in [0.1, 0.15) is 0 Å². The van der Waals surface area contributed by atoms with Gasteiger partial charge >= 0.3 is 0 Å². The zero-order valence-electron chi connectivity index (χ0n) is 9.14. The van der Waals surface area contributed by atoms with Gasteiger partial charge < -0.3 is 5.73 Å². The van der Waals surface area contributed by atoms with Crippen molar-refractivity contribution in [3.05, 3.63) is 35.9 Å². The van der Waals surface area contributed by atoms with E-state index in [1.54, 1.807) is 11.8 Å². The average molecular weight is 223 g/mol. The van der Waals surface area contributed by atoms with Crippen molar-refractivity contribution in [1.29, 1.82) is 0 Å². The first-order valence-electron chi connectivity index (χ1n) is 5.06. The number of rotatable bonds is 5. The molecule has 0 saturated heterocycles. The second-order valence-corrected chi connectivity index (χ2v) is 5.06. The maximum atomic E-state index is 11.0. The Hall–Kier alpha value is -0.960. The molecule has 1 amide bonds. The Bertz CT molecular complexity index is 313. The third-order valence-electron chi connectivity index (χ3n) is 2.51. The van der Waals surface area contributed by atoms with Crippen LogP contribution in [0.5, 0.6) is 0 Å². The van der Waals surface area contributed by atoms with Gasteiger partial charge in [-0.05, 0) is 5.56 Å². The lowest BCUT2D eigenvalue weighted by molar-refractivity contribution is -0.121. The largest absolute Gasteiger partial charge is 0.369 e. The van der Waals surface area contributed by atoms with Gasteiger partial charge in [-0.3, -0.25) is 4.79 Å². The van der Waals surface area contributed by atoms with Crippen LogP contribution in [0.4, 0.5) is 0 Å². The molecule has 0 aliphatic rings. The Kier molecular flexibility index (Phi) is 4.69. The summed E-state index contributed by atoms with van der Waals surface area (Å²) in [4.78, 5) is 11.0. The lowest BCUT2D eigenvalue weighted by Gasteiger charge is -2.16. The molecule has 1 rings (SSSR count). The number of nitrogens with two attached hydrogens (primary N) is 1. The molecule has 1 aromatic rings. The van der Waals surface area contributed by atoms with E-state index < -0.39 is 0 Å². The summed E-state index contributed by atoms with van der Waals surface area (Å²) in [5, 5.41) is 0.266. The van der Waals surface area contributed by atoms with Crippen LogP contribution in [0.25, 0.3) is 0 Å². The van der Waals surface area contributed by atoms with Gasteiger partial charge in [0.25, 0.3) is 0 Å². The van der Waals surface area contributed by atoms with Gasteiger partial charge in [0.15, 0.2) is 0 Å². The number of thioether (sulfide) groups is 1. The lowest BCUT2D eigenvalue weighted by Crippen LogP contribution is -2.27. The van der Waals surface area contributed by atoms with E-state index in [4.69, 9.17) is 5.73 Å². The molecule has 0 aliphatic carbocycles. The Balaban J connectivity index is 2.41. The second-order valence-electron chi connectivity index (χ2n) is 3.69. The second kappa shape index (κ2) is 5.81. The minimum atomic E-state index is -0.219. The van der Waals surface area contributed by atoms with Crippen molar-refractivity contribution in [3.63, 3.8) is 0 Å². The van der Waals surface area contributed by atoms with Gasteiger partial charge in [0, 0.05) is 16.9 Å². The lowest BCUT2D eigenvalue weighted by atomic mass is 10.1. The number of carbonyl (C=O) groups excluding carboxylic acids is 1. The molecule has 1 aromatic carbocycles. The molecular weight excluding hydrogens is 206 g/mol. The molecule has 2 nitrogen and oxygen atoms in total. The number of hydrogen-bond acceptors (Lipinski definition) is 2. The van der Waals surface area contributed by atoms with Crippen molar-refractivity contribution in [2.75, 3.05) is 0 Å². The van der Waals surface area contributed by atoms with Crippen molar-refractivity contribution >= 4 is 17.7 Å². The highest BCUT2D eigenvalue weighted by atomic mass is 32.2. The maximum Gasteiger partial charge on any atom is 0.221 e. The summed E-state index contributed by atoms with van der Waals surface area (Å²) in [7, 11) is 0. The summed E-state index contributed by atoms with van der Waals surface area (Å²) in [5.74, 6) is 0.640. The van der Waals surface area contributed by atoms with E-state index in [0.29, 0.717) is 0 Å². The molecule has 0 saturated carbocycles. The zero-order chi connectivity index (χ0) is 11.3. The van der Waals surface area contributed by atoms with Crippen LogP contribution in [-0.4, -0.2) is 11.2 Å². The van der Waals surface area contributed by atoms with Crippen LogP contribution < -0.4 is 5.73 Å². The first kappa shape index (κ1) is 12.1. The Morgan fingerprint density at radius 2 is 1.93 bits per heavy atom. The highest BCUT2D eigenvalue weighted by molar-refractivity contribution is 7.99. The van der Waals surface area contributed by atoms with Crippen LogP contribution in [0.15, 0.2) is 30.3 Å². The molecule has 2 atom stereocenters. The summed E-state index contributed by atoms with van der Waals surface area (Å²) >= 11 is 1.77. The van der Waals surface area contributed by atoms with E-state index in [1.807, 2.05) is 32.0 Å². The number of primary amides is 1. The average Bonchev–Trinajstić information content (AvgIpc) is 2.26. The molecule has 82 valence electrons. The first-order valence-corrected chi connectivity index (χ1v) is 6.11. The number of amides is 1. The van der Waals surface area contributed by atoms with Gasteiger partial charge in [-0.1, -0.05) is 44.2 Å². The van der Waals surface area contributed by atoms with Gasteiger partial charge in [0.05, 0.1) is 0 Å². The van der Waals surface area contributed by atoms with Crippen LogP contribution in [0, 0.1) is 5.92 Å². The van der Waals surface area contributed by atoms with E-state index in [2.05, 4.69) is 12.1 Å². The molecule has 15 heavy (non-hydrogen) atoms. The molecule has 0 aliphatic heterocycles. The third-order valence-corrected chi connectivity index (χ3v) is 3.94. The monoisotopic (exact) mass is 223 g/mol. The molecular formula is C12H17NOS. The predicted octanol–water partition coefficient (Wildman–Crippen LogP) is 2.43. The summed E-state index contributed by atoms with van der Waals surface area (Å²) in [6.07, 6.45) is 0. The normalized spacial score (nSPS) is 14.5. The number of hydrogen-bond donors (Lipinski definition) is 1. The fraction of sp³-hybridized carbons (Fsp3) is 0.417. The Labute approximate surface area is 95.2 Å². The highest BCUT2D eigenvalue weighted by Gasteiger charge is 2.17. The van der Waals surface area contributed by atoms with Crippen molar-refractivity contribution < 1.29 is 4.79 Å². The van der Waals surface area contributed by atoms with Crippen molar-refractivity contribution in [1.82, 2.24) is 0 Å². The molecule has 2 N–H and O–H groups in total. The van der Waals surface area contributed by atoms with Crippen LogP contribution in [0.3, 0.4) is 0 Å². The van der Waals surface area contributed by atoms with Crippen molar-refractivity contribution in [2.45, 2.75) is 24.9 Å². The molecule has 0 unspecified atom stereocenters. The van der Waals surface area contributed by atoms with E-state index >= 15 is 0 Å². The summed E-state index contributed by atoms with van der Waals surface area (Å²) in [6.45, 7) is 3.92. The quantitative estimate of drug-likeness (QED) is 0.833. The van der Waals surface area contributed by atoms with Crippen molar-refractivity contribution in [2.24, 2.45) is 11.7 Å². The van der Waals surface area contributed by atoms with Crippen LogP contribution in [0.2, 0.25) is 0 Å². The summed E-state index contributed by atoms with van der Waals surface area (Å²) in [6, 6.07) is 10.2. The molecule has 0 aromatic heterocycles. The topological polar surface area (TPSA) is 43.1 Å². The van der Waals surface area contributed by atoms with E-state index in [-0.39, 0.29) is 17.1 Å². The Morgan fingerprint density at radius 3 is 2.47 bits per heavy atom. The van der Waals surface area contributed by atoms with Gasteiger partial charge in [-0.25, -0.2) is 0 Å². The standard InChI is InChI=1S/C12H17NOS/c1-9(12(13)14)10(2)15-8-11-6-4-3-5-7-11/h3-7,9-10H,8H2,1-2H3,(H2,13,14)/t9-,10-/m1/s1. The smallest absolute Gasteiger partial charge is 0.221 e. The first-order chi connectivity index (χ1) is 7.11. The van der Waals surface area contributed by atoms with Gasteiger partial charge in [-0.2, -0.15) is 11.8 Å². The van der Waals surface area contributed by atoms with E-state index in [1.165, 1.54) is 5.56 Å². The maximum absolute atomic E-state index is 11.0. The van der Waals surface area contributed by atoms with Crippen LogP contribution >= 0.6 is 11.8 Å². The minimum absolute atomic E-state index is 0.0706. The van der Waals surface area contributed by atoms with E-state index in [9.17, 15) is 4.79 Å². The summed E-state index contributed by atoms with van der Waals surface area (Å²) < 4.78 is 0. The van der Waals surface area contributed by atoms with E-state index in [0.717, 1.165) is 5.75 Å². The molecule has 0 spiro atoms. The highest BCUT2D eigenvalue weighted by Crippen LogP contribution is 2.23. The number of benzene rings is 1. The fourth-order valence-corrected chi connectivity index (χ4v) is 2.25. The molecule has 3 heteroatoms. The zero-order valence-corrected chi connectivity index (χ0v) is 9.96. The number of carbonyl (C=O) groups is 1. The predicted molar refractivity (Wildman–Crippen MR) is 65.6 cm³/mol. The fourth-order valence-electron chi connectivity index (χ4n) is 1.18. The van der Waals surface area contributed by atoms with Crippen LogP contribution in [0.1, 0.15) is 19.4 Å². The molecule has 0 fully saturated rings. The molecule has 0 radical (unpaired) electrons. The van der Waals surface area contributed by atoms with Crippen LogP contribution in [-0.2, 0) is 10.5 Å². The molecule has 0 bridgehead atoms. The summed E-state index contributed by atoms with van der Waals surface area (Å²) in [5.41, 5.74) is 6.54. The Morgan fingerprint density at radius 1 is 1.33 bits per heavy atom.